The summed E-state index contributed by atoms with van der Waals surface area (Å²) in [6.45, 7) is 2.00. The number of pyridine rings is 1. The molecule has 1 heterocycles. The van der Waals surface area contributed by atoms with E-state index in [1.165, 1.54) is 0 Å². The fourth-order valence-electron chi connectivity index (χ4n) is 1.18. The summed E-state index contributed by atoms with van der Waals surface area (Å²) in [5.74, 6) is -1.38. The molecule has 18 heavy (non-hydrogen) atoms. The summed E-state index contributed by atoms with van der Waals surface area (Å²) < 4.78 is 0. The van der Waals surface area contributed by atoms with Crippen LogP contribution in [0.3, 0.4) is 0 Å². The van der Waals surface area contributed by atoms with E-state index in [2.05, 4.69) is 10.3 Å². The van der Waals surface area contributed by atoms with Crippen molar-refractivity contribution in [3.05, 3.63) is 27.9 Å². The second-order valence-corrected chi connectivity index (χ2v) is 3.82. The summed E-state index contributed by atoms with van der Waals surface area (Å²) >= 11 is 0. The Labute approximate surface area is 102 Å². The number of aliphatic hydroxyl groups is 1. The zero-order valence-electron chi connectivity index (χ0n) is 9.66. The van der Waals surface area contributed by atoms with E-state index >= 15 is 0 Å². The fraction of sp³-hybridized carbons (Fsp3) is 0.400. The van der Waals surface area contributed by atoms with Gasteiger partial charge >= 0.3 is 11.7 Å². The van der Waals surface area contributed by atoms with Crippen molar-refractivity contribution < 1.29 is 19.9 Å². The van der Waals surface area contributed by atoms with Gasteiger partial charge in [-0.2, -0.15) is 0 Å². The van der Waals surface area contributed by atoms with Crippen LogP contribution in [0.25, 0.3) is 0 Å². The molecule has 1 aromatic heterocycles. The Morgan fingerprint density at radius 2 is 2.33 bits per heavy atom. The number of carboxylic acid groups (broad SMARTS) is 1. The van der Waals surface area contributed by atoms with Crippen LogP contribution in [0.2, 0.25) is 0 Å². The molecule has 0 aliphatic rings. The van der Waals surface area contributed by atoms with Crippen molar-refractivity contribution in [2.45, 2.75) is 6.92 Å². The van der Waals surface area contributed by atoms with Gasteiger partial charge in [-0.1, -0.05) is 6.92 Å². The first-order valence-electron chi connectivity index (χ1n) is 5.18. The zero-order valence-corrected chi connectivity index (χ0v) is 9.66. The SMILES string of the molecule is CC(CO)CNc1ncc(C(=O)O)cc1[N+](=O)[O-]. The van der Waals surface area contributed by atoms with Crippen LogP contribution < -0.4 is 5.32 Å². The van der Waals surface area contributed by atoms with Crippen LogP contribution in [0.4, 0.5) is 11.5 Å². The second-order valence-electron chi connectivity index (χ2n) is 3.82. The summed E-state index contributed by atoms with van der Waals surface area (Å²) in [7, 11) is 0. The van der Waals surface area contributed by atoms with Crippen molar-refractivity contribution in [3.8, 4) is 0 Å². The van der Waals surface area contributed by atoms with E-state index in [0.717, 1.165) is 12.3 Å². The smallest absolute Gasteiger partial charge is 0.337 e. The minimum atomic E-state index is -1.28. The standard InChI is InChI=1S/C10H13N3O5/c1-6(5-14)3-11-9-8(13(17)18)2-7(4-12-9)10(15)16/h2,4,6,14H,3,5H2,1H3,(H,11,12)(H,15,16). The second kappa shape index (κ2) is 5.92. The van der Waals surface area contributed by atoms with Gasteiger partial charge in [0.15, 0.2) is 0 Å². The highest BCUT2D eigenvalue weighted by Crippen LogP contribution is 2.22. The molecule has 0 aromatic carbocycles. The average molecular weight is 255 g/mol. The minimum Gasteiger partial charge on any atom is -0.478 e. The topological polar surface area (TPSA) is 126 Å². The Bertz CT molecular complexity index is 463. The molecular weight excluding hydrogens is 242 g/mol. The third kappa shape index (κ3) is 3.39. The first-order valence-corrected chi connectivity index (χ1v) is 5.18. The van der Waals surface area contributed by atoms with E-state index in [0.29, 0.717) is 6.54 Å². The van der Waals surface area contributed by atoms with Gasteiger partial charge in [-0.15, -0.1) is 0 Å². The monoisotopic (exact) mass is 255 g/mol. The molecule has 0 spiro atoms. The average Bonchev–Trinajstić information content (AvgIpc) is 2.35. The highest BCUT2D eigenvalue weighted by Gasteiger charge is 2.19. The van der Waals surface area contributed by atoms with Gasteiger partial charge in [-0.25, -0.2) is 9.78 Å². The summed E-state index contributed by atoms with van der Waals surface area (Å²) in [5.41, 5.74) is -0.650. The lowest BCUT2D eigenvalue weighted by molar-refractivity contribution is -0.384. The van der Waals surface area contributed by atoms with Crippen molar-refractivity contribution in [2.75, 3.05) is 18.5 Å². The van der Waals surface area contributed by atoms with E-state index in [1.807, 2.05) is 0 Å². The molecule has 0 saturated carbocycles. The molecular formula is C10H13N3O5. The lowest BCUT2D eigenvalue weighted by Gasteiger charge is -2.10. The quantitative estimate of drug-likeness (QED) is 0.505. The van der Waals surface area contributed by atoms with Crippen molar-refractivity contribution in [1.29, 1.82) is 0 Å². The molecule has 1 atom stereocenters. The first kappa shape index (κ1) is 13.8. The van der Waals surface area contributed by atoms with Crippen LogP contribution in [0, 0.1) is 16.0 Å². The van der Waals surface area contributed by atoms with Gasteiger partial charge in [-0.3, -0.25) is 10.1 Å². The number of anilines is 1. The van der Waals surface area contributed by atoms with Crippen molar-refractivity contribution in [3.63, 3.8) is 0 Å². The molecule has 0 saturated heterocycles. The molecule has 0 aliphatic carbocycles. The molecule has 0 bridgehead atoms. The molecule has 1 aromatic rings. The number of nitro groups is 1. The lowest BCUT2D eigenvalue weighted by atomic mass is 10.2. The first-order chi connectivity index (χ1) is 8.45. The van der Waals surface area contributed by atoms with E-state index in [1.54, 1.807) is 6.92 Å². The predicted octanol–water partition coefficient (Wildman–Crippen LogP) is 0.728. The maximum atomic E-state index is 10.8. The van der Waals surface area contributed by atoms with Crippen LogP contribution in [0.15, 0.2) is 12.3 Å². The highest BCUT2D eigenvalue weighted by atomic mass is 16.6. The third-order valence-electron chi connectivity index (χ3n) is 2.24. The van der Waals surface area contributed by atoms with Crippen LogP contribution >= 0.6 is 0 Å². The van der Waals surface area contributed by atoms with E-state index in [4.69, 9.17) is 10.2 Å². The predicted molar refractivity (Wildman–Crippen MR) is 62.6 cm³/mol. The number of aliphatic hydroxyl groups excluding tert-OH is 1. The number of hydrogen-bond donors (Lipinski definition) is 3. The highest BCUT2D eigenvalue weighted by molar-refractivity contribution is 5.88. The molecule has 0 aliphatic heterocycles. The minimum absolute atomic E-state index is 0.00898. The molecule has 0 radical (unpaired) electrons. The number of rotatable bonds is 6. The van der Waals surface area contributed by atoms with Gasteiger partial charge in [0.05, 0.1) is 10.5 Å². The van der Waals surface area contributed by atoms with Gasteiger partial charge in [0.2, 0.25) is 5.82 Å². The molecule has 8 heteroatoms. The van der Waals surface area contributed by atoms with Crippen LogP contribution in [-0.4, -0.2) is 39.2 Å². The van der Waals surface area contributed by atoms with Gasteiger partial charge in [0, 0.05) is 25.4 Å². The van der Waals surface area contributed by atoms with Gasteiger partial charge < -0.3 is 15.5 Å². The van der Waals surface area contributed by atoms with E-state index in [9.17, 15) is 14.9 Å². The molecule has 3 N–H and O–H groups in total. The van der Waals surface area contributed by atoms with Crippen LogP contribution in [0.5, 0.6) is 0 Å². The van der Waals surface area contributed by atoms with Crippen LogP contribution in [-0.2, 0) is 0 Å². The lowest BCUT2D eigenvalue weighted by Crippen LogP contribution is -2.16. The maximum Gasteiger partial charge on any atom is 0.337 e. The maximum absolute atomic E-state index is 10.8. The molecule has 1 unspecified atom stereocenters. The Hall–Kier alpha value is -2.22. The molecule has 8 nitrogen and oxygen atoms in total. The fourth-order valence-corrected chi connectivity index (χ4v) is 1.18. The third-order valence-corrected chi connectivity index (χ3v) is 2.24. The molecule has 0 fully saturated rings. The number of aromatic carboxylic acids is 1. The van der Waals surface area contributed by atoms with Gasteiger partial charge in [0.1, 0.15) is 0 Å². The van der Waals surface area contributed by atoms with E-state index in [-0.39, 0.29) is 23.9 Å². The van der Waals surface area contributed by atoms with Crippen molar-refractivity contribution >= 4 is 17.5 Å². The number of hydrogen-bond acceptors (Lipinski definition) is 6. The Morgan fingerprint density at radius 1 is 1.67 bits per heavy atom. The zero-order chi connectivity index (χ0) is 13.7. The normalized spacial score (nSPS) is 11.9. The van der Waals surface area contributed by atoms with E-state index < -0.39 is 16.6 Å². The number of nitrogens with one attached hydrogen (secondary N) is 1. The Kier molecular flexibility index (Phi) is 4.55. The number of carboxylic acids is 1. The van der Waals surface area contributed by atoms with Crippen LogP contribution in [0.1, 0.15) is 17.3 Å². The van der Waals surface area contributed by atoms with Gasteiger partial charge in [0.25, 0.3) is 0 Å². The summed E-state index contributed by atoms with van der Waals surface area (Å²) in [6.07, 6.45) is 1.04. The summed E-state index contributed by atoms with van der Waals surface area (Å²) in [5, 5.41) is 31.1. The number of carbonyl (C=O) groups is 1. The molecule has 0 amide bonds. The number of nitrogens with zero attached hydrogens (tertiary/aromatic N) is 2. The van der Waals surface area contributed by atoms with Crippen molar-refractivity contribution in [1.82, 2.24) is 4.98 Å². The summed E-state index contributed by atoms with van der Waals surface area (Å²) in [6, 6.07) is 0.946. The Balaban J connectivity index is 2.97. The number of aromatic nitrogens is 1. The molecule has 1 rings (SSSR count). The summed E-state index contributed by atoms with van der Waals surface area (Å²) in [4.78, 5) is 24.5. The van der Waals surface area contributed by atoms with Gasteiger partial charge in [-0.05, 0) is 5.92 Å². The largest absolute Gasteiger partial charge is 0.478 e. The van der Waals surface area contributed by atoms with Crippen molar-refractivity contribution in [2.24, 2.45) is 5.92 Å². The Morgan fingerprint density at radius 3 is 2.83 bits per heavy atom. The molecule has 98 valence electrons.